The van der Waals surface area contributed by atoms with Crippen LogP contribution in [0.1, 0.15) is 12.2 Å². The molecule has 1 aromatic heterocycles. The quantitative estimate of drug-likeness (QED) is 0.834. The molecule has 0 saturated carbocycles. The van der Waals surface area contributed by atoms with Gasteiger partial charge in [0.2, 0.25) is 0 Å². The largest absolute Gasteiger partial charge is 0.326 e. The third-order valence-corrected chi connectivity index (χ3v) is 3.18. The van der Waals surface area contributed by atoms with E-state index in [2.05, 4.69) is 10.2 Å². The number of benzene rings is 1. The van der Waals surface area contributed by atoms with E-state index in [4.69, 9.17) is 5.73 Å². The Morgan fingerprint density at radius 2 is 2.11 bits per heavy atom. The Bertz CT molecular complexity index is 594. The molecule has 1 aromatic carbocycles. The molecule has 0 amide bonds. The van der Waals surface area contributed by atoms with Crippen molar-refractivity contribution in [2.75, 3.05) is 0 Å². The van der Waals surface area contributed by atoms with Crippen LogP contribution in [-0.4, -0.2) is 20.8 Å². The number of aromatic nitrogens is 3. The first-order valence-electron chi connectivity index (χ1n) is 5.79. The first-order chi connectivity index (χ1) is 8.66. The fourth-order valence-corrected chi connectivity index (χ4v) is 2.23. The summed E-state index contributed by atoms with van der Waals surface area (Å²) in [5.74, 6) is -0.663. The minimum Gasteiger partial charge on any atom is -0.326 e. The molecule has 2 heterocycles. The summed E-state index contributed by atoms with van der Waals surface area (Å²) in [6.07, 6.45) is 1.55. The zero-order valence-electron chi connectivity index (χ0n) is 9.61. The number of fused-ring (bicyclic) bond motifs is 1. The first-order valence-corrected chi connectivity index (χ1v) is 5.79. The molecule has 3 rings (SSSR count). The Hall–Kier alpha value is -1.82. The van der Waals surface area contributed by atoms with Crippen molar-refractivity contribution in [2.24, 2.45) is 5.73 Å². The monoisotopic (exact) mass is 250 g/mol. The summed E-state index contributed by atoms with van der Waals surface area (Å²) < 4.78 is 28.7. The second-order valence-electron chi connectivity index (χ2n) is 4.45. The average Bonchev–Trinajstić information content (AvgIpc) is 2.75. The third kappa shape index (κ3) is 1.69. The van der Waals surface area contributed by atoms with Gasteiger partial charge in [0.15, 0.2) is 17.5 Å². The molecule has 0 saturated heterocycles. The molecule has 94 valence electrons. The standard InChI is InChI=1S/C12H12F2N4/c13-9-3-1-2-8(11(9)14)12-17-16-10-5-4-7(15)6-18(10)12/h1-3,7H,4-6,15H2. The van der Waals surface area contributed by atoms with E-state index < -0.39 is 11.6 Å². The van der Waals surface area contributed by atoms with Crippen molar-refractivity contribution < 1.29 is 8.78 Å². The maximum absolute atomic E-state index is 13.7. The fourth-order valence-electron chi connectivity index (χ4n) is 2.23. The van der Waals surface area contributed by atoms with Crippen molar-refractivity contribution in [3.05, 3.63) is 35.7 Å². The van der Waals surface area contributed by atoms with Crippen LogP contribution in [-0.2, 0) is 13.0 Å². The third-order valence-electron chi connectivity index (χ3n) is 3.18. The lowest BCUT2D eigenvalue weighted by Gasteiger charge is -2.20. The number of rotatable bonds is 1. The van der Waals surface area contributed by atoms with Gasteiger partial charge >= 0.3 is 0 Å². The van der Waals surface area contributed by atoms with Gasteiger partial charge in [-0.05, 0) is 18.6 Å². The number of hydrogen-bond donors (Lipinski definition) is 1. The van der Waals surface area contributed by atoms with Gasteiger partial charge in [0.05, 0.1) is 5.56 Å². The highest BCUT2D eigenvalue weighted by Gasteiger charge is 2.23. The predicted octanol–water partition coefficient (Wildman–Crippen LogP) is 1.50. The second kappa shape index (κ2) is 4.13. The molecule has 1 aliphatic rings. The molecule has 0 fully saturated rings. The van der Waals surface area contributed by atoms with Gasteiger partial charge in [-0.1, -0.05) is 6.07 Å². The van der Waals surface area contributed by atoms with E-state index in [-0.39, 0.29) is 11.6 Å². The molecule has 1 aliphatic heterocycles. The minimum atomic E-state index is -0.896. The molecular formula is C12H12F2N4. The molecule has 6 heteroatoms. The predicted molar refractivity (Wildman–Crippen MR) is 61.7 cm³/mol. The maximum Gasteiger partial charge on any atom is 0.169 e. The molecule has 0 spiro atoms. The van der Waals surface area contributed by atoms with Crippen LogP contribution in [0.25, 0.3) is 11.4 Å². The van der Waals surface area contributed by atoms with Gasteiger partial charge in [-0.3, -0.25) is 0 Å². The van der Waals surface area contributed by atoms with Crippen LogP contribution in [0.15, 0.2) is 18.2 Å². The zero-order chi connectivity index (χ0) is 12.7. The molecule has 2 N–H and O–H groups in total. The number of aryl methyl sites for hydroxylation is 1. The number of nitrogens with two attached hydrogens (primary N) is 1. The van der Waals surface area contributed by atoms with Crippen molar-refractivity contribution >= 4 is 0 Å². The second-order valence-corrected chi connectivity index (χ2v) is 4.45. The van der Waals surface area contributed by atoms with E-state index in [1.54, 1.807) is 4.57 Å². The first kappa shape index (κ1) is 11.3. The Kier molecular flexibility index (Phi) is 2.59. The summed E-state index contributed by atoms with van der Waals surface area (Å²) in [6.45, 7) is 0.535. The lowest BCUT2D eigenvalue weighted by molar-refractivity contribution is 0.454. The van der Waals surface area contributed by atoms with Crippen molar-refractivity contribution in [1.29, 1.82) is 0 Å². The molecular weight excluding hydrogens is 238 g/mol. The van der Waals surface area contributed by atoms with Gasteiger partial charge in [0.25, 0.3) is 0 Å². The van der Waals surface area contributed by atoms with Crippen molar-refractivity contribution in [2.45, 2.75) is 25.4 Å². The van der Waals surface area contributed by atoms with Crippen LogP contribution in [0.2, 0.25) is 0 Å². The summed E-state index contributed by atoms with van der Waals surface area (Å²) in [4.78, 5) is 0. The minimum absolute atomic E-state index is 0.00358. The number of hydrogen-bond acceptors (Lipinski definition) is 3. The summed E-state index contributed by atoms with van der Waals surface area (Å²) in [6, 6.07) is 4.04. The van der Waals surface area contributed by atoms with Crippen LogP contribution in [0.4, 0.5) is 8.78 Å². The molecule has 4 nitrogen and oxygen atoms in total. The highest BCUT2D eigenvalue weighted by Crippen LogP contribution is 2.25. The van der Waals surface area contributed by atoms with E-state index >= 15 is 0 Å². The number of nitrogens with zero attached hydrogens (tertiary/aromatic N) is 3. The molecule has 0 aliphatic carbocycles. The van der Waals surface area contributed by atoms with Crippen LogP contribution in [0.5, 0.6) is 0 Å². The van der Waals surface area contributed by atoms with Gasteiger partial charge < -0.3 is 10.3 Å². The number of halogens is 2. The Morgan fingerprint density at radius 3 is 2.94 bits per heavy atom. The van der Waals surface area contributed by atoms with Gasteiger partial charge in [0, 0.05) is 19.0 Å². The van der Waals surface area contributed by atoms with E-state index in [1.165, 1.54) is 12.1 Å². The lowest BCUT2D eigenvalue weighted by atomic mass is 10.1. The summed E-state index contributed by atoms with van der Waals surface area (Å²) in [5, 5.41) is 7.96. The Labute approximate surface area is 102 Å². The van der Waals surface area contributed by atoms with E-state index in [9.17, 15) is 8.78 Å². The fraction of sp³-hybridized carbons (Fsp3) is 0.333. The molecule has 18 heavy (non-hydrogen) atoms. The highest BCUT2D eigenvalue weighted by atomic mass is 19.2. The maximum atomic E-state index is 13.7. The molecule has 2 aromatic rings. The van der Waals surface area contributed by atoms with Crippen LogP contribution in [0.3, 0.4) is 0 Å². The van der Waals surface area contributed by atoms with Crippen molar-refractivity contribution in [3.8, 4) is 11.4 Å². The molecule has 0 bridgehead atoms. The normalized spacial score (nSPS) is 18.7. The van der Waals surface area contributed by atoms with Crippen molar-refractivity contribution in [1.82, 2.24) is 14.8 Å². The van der Waals surface area contributed by atoms with E-state index in [0.29, 0.717) is 18.8 Å². The SMILES string of the molecule is NC1CCc2nnc(-c3cccc(F)c3F)n2C1. The van der Waals surface area contributed by atoms with Crippen LogP contribution in [0, 0.1) is 11.6 Å². The zero-order valence-corrected chi connectivity index (χ0v) is 9.61. The van der Waals surface area contributed by atoms with Crippen LogP contribution < -0.4 is 5.73 Å². The van der Waals surface area contributed by atoms with Gasteiger partial charge in [0.1, 0.15) is 5.82 Å². The van der Waals surface area contributed by atoms with Gasteiger partial charge in [-0.2, -0.15) is 0 Å². The summed E-state index contributed by atoms with van der Waals surface area (Å²) in [7, 11) is 0. The summed E-state index contributed by atoms with van der Waals surface area (Å²) in [5.41, 5.74) is 6.01. The molecule has 1 atom stereocenters. The van der Waals surface area contributed by atoms with Gasteiger partial charge in [-0.15, -0.1) is 10.2 Å². The summed E-state index contributed by atoms with van der Waals surface area (Å²) >= 11 is 0. The Morgan fingerprint density at radius 1 is 1.28 bits per heavy atom. The van der Waals surface area contributed by atoms with Crippen molar-refractivity contribution in [3.63, 3.8) is 0 Å². The average molecular weight is 250 g/mol. The van der Waals surface area contributed by atoms with E-state index in [0.717, 1.165) is 18.3 Å². The molecule has 0 radical (unpaired) electrons. The van der Waals surface area contributed by atoms with Crippen LogP contribution >= 0.6 is 0 Å². The van der Waals surface area contributed by atoms with E-state index in [1.807, 2.05) is 0 Å². The molecule has 1 unspecified atom stereocenters. The highest BCUT2D eigenvalue weighted by molar-refractivity contribution is 5.56. The Balaban J connectivity index is 2.13. The van der Waals surface area contributed by atoms with Gasteiger partial charge in [-0.25, -0.2) is 8.78 Å². The lowest BCUT2D eigenvalue weighted by Crippen LogP contribution is -2.32. The smallest absolute Gasteiger partial charge is 0.169 e. The topological polar surface area (TPSA) is 56.7 Å².